The third kappa shape index (κ3) is 2.64. The SMILES string of the molecule is COC(=O)c1ccccc1Sc1c[nH]c2cc(F)ccc12. The quantitative estimate of drug-likeness (QED) is 0.736. The van der Waals surface area contributed by atoms with Crippen LogP contribution in [0.15, 0.2) is 58.5 Å². The van der Waals surface area contributed by atoms with Crippen LogP contribution in [0, 0.1) is 5.82 Å². The van der Waals surface area contributed by atoms with Crippen LogP contribution in [0.4, 0.5) is 4.39 Å². The van der Waals surface area contributed by atoms with Crippen LogP contribution in [-0.2, 0) is 4.74 Å². The Kier molecular flexibility index (Phi) is 3.66. The second kappa shape index (κ2) is 5.61. The Labute approximate surface area is 125 Å². The van der Waals surface area contributed by atoms with Gasteiger partial charge in [0.1, 0.15) is 5.82 Å². The monoisotopic (exact) mass is 301 g/mol. The summed E-state index contributed by atoms with van der Waals surface area (Å²) in [6.45, 7) is 0. The van der Waals surface area contributed by atoms with Crippen molar-refractivity contribution in [2.75, 3.05) is 7.11 Å². The molecule has 106 valence electrons. The van der Waals surface area contributed by atoms with Gasteiger partial charge in [-0.3, -0.25) is 0 Å². The van der Waals surface area contributed by atoms with E-state index in [1.807, 2.05) is 18.3 Å². The van der Waals surface area contributed by atoms with Crippen molar-refractivity contribution in [1.82, 2.24) is 4.98 Å². The van der Waals surface area contributed by atoms with E-state index in [4.69, 9.17) is 4.74 Å². The van der Waals surface area contributed by atoms with Gasteiger partial charge >= 0.3 is 5.97 Å². The van der Waals surface area contributed by atoms with Gasteiger partial charge in [-0.1, -0.05) is 23.9 Å². The molecule has 0 aliphatic heterocycles. The highest BCUT2D eigenvalue weighted by molar-refractivity contribution is 7.99. The van der Waals surface area contributed by atoms with Crippen LogP contribution in [0.1, 0.15) is 10.4 Å². The minimum Gasteiger partial charge on any atom is -0.465 e. The van der Waals surface area contributed by atoms with E-state index in [9.17, 15) is 9.18 Å². The van der Waals surface area contributed by atoms with Gasteiger partial charge < -0.3 is 9.72 Å². The Balaban J connectivity index is 2.01. The van der Waals surface area contributed by atoms with E-state index in [0.717, 1.165) is 20.7 Å². The number of rotatable bonds is 3. The first kappa shape index (κ1) is 13.7. The molecule has 21 heavy (non-hydrogen) atoms. The first-order valence-electron chi connectivity index (χ1n) is 6.31. The number of aromatic nitrogens is 1. The fourth-order valence-corrected chi connectivity index (χ4v) is 3.16. The normalized spacial score (nSPS) is 10.8. The number of hydrogen-bond acceptors (Lipinski definition) is 3. The predicted octanol–water partition coefficient (Wildman–Crippen LogP) is 4.24. The fraction of sp³-hybridized carbons (Fsp3) is 0.0625. The lowest BCUT2D eigenvalue weighted by molar-refractivity contribution is 0.0597. The molecule has 1 aromatic heterocycles. The zero-order valence-electron chi connectivity index (χ0n) is 11.2. The number of halogens is 1. The Morgan fingerprint density at radius 1 is 1.19 bits per heavy atom. The van der Waals surface area contributed by atoms with Crippen molar-refractivity contribution in [1.29, 1.82) is 0 Å². The highest BCUT2D eigenvalue weighted by Gasteiger charge is 2.14. The summed E-state index contributed by atoms with van der Waals surface area (Å²) in [6.07, 6.45) is 1.81. The van der Waals surface area contributed by atoms with Gasteiger partial charge in [0.2, 0.25) is 0 Å². The standard InChI is InChI=1S/C16H12FNO2S/c1-20-16(19)12-4-2-3-5-14(12)21-15-9-18-13-8-10(17)6-7-11(13)15/h2-9,18H,1H3. The lowest BCUT2D eigenvalue weighted by Gasteiger charge is -2.06. The van der Waals surface area contributed by atoms with E-state index >= 15 is 0 Å². The molecule has 3 aromatic rings. The lowest BCUT2D eigenvalue weighted by Crippen LogP contribution is -2.02. The van der Waals surface area contributed by atoms with Gasteiger partial charge in [-0.25, -0.2) is 9.18 Å². The maximum atomic E-state index is 13.2. The number of benzene rings is 2. The number of nitrogens with one attached hydrogen (secondary N) is 1. The van der Waals surface area contributed by atoms with E-state index in [1.54, 1.807) is 18.2 Å². The largest absolute Gasteiger partial charge is 0.465 e. The molecule has 0 saturated heterocycles. The fourth-order valence-electron chi connectivity index (χ4n) is 2.11. The average Bonchev–Trinajstić information content (AvgIpc) is 2.89. The molecule has 0 radical (unpaired) electrons. The molecule has 0 fully saturated rings. The van der Waals surface area contributed by atoms with Crippen molar-refractivity contribution >= 4 is 28.6 Å². The average molecular weight is 301 g/mol. The second-order valence-corrected chi connectivity index (χ2v) is 5.52. The number of H-pyrrole nitrogens is 1. The number of ether oxygens (including phenoxy) is 1. The van der Waals surface area contributed by atoms with Gasteiger partial charge in [0, 0.05) is 26.9 Å². The number of carbonyl (C=O) groups is 1. The summed E-state index contributed by atoms with van der Waals surface area (Å²) in [4.78, 5) is 16.5. The molecular weight excluding hydrogens is 289 g/mol. The van der Waals surface area contributed by atoms with Crippen molar-refractivity contribution in [3.63, 3.8) is 0 Å². The molecule has 5 heteroatoms. The van der Waals surface area contributed by atoms with Crippen molar-refractivity contribution in [2.24, 2.45) is 0 Å². The Morgan fingerprint density at radius 2 is 2.00 bits per heavy atom. The van der Waals surface area contributed by atoms with E-state index in [-0.39, 0.29) is 11.8 Å². The van der Waals surface area contributed by atoms with Gasteiger partial charge in [-0.2, -0.15) is 0 Å². The lowest BCUT2D eigenvalue weighted by atomic mass is 10.2. The summed E-state index contributed by atoms with van der Waals surface area (Å²) in [6, 6.07) is 11.8. The number of carbonyl (C=O) groups excluding carboxylic acids is 1. The van der Waals surface area contributed by atoms with Crippen LogP contribution in [0.5, 0.6) is 0 Å². The smallest absolute Gasteiger partial charge is 0.339 e. The van der Waals surface area contributed by atoms with Gasteiger partial charge in [0.25, 0.3) is 0 Å². The van der Waals surface area contributed by atoms with Crippen molar-refractivity contribution in [3.8, 4) is 0 Å². The molecule has 3 nitrogen and oxygen atoms in total. The minimum atomic E-state index is -0.371. The molecule has 0 bridgehead atoms. The van der Waals surface area contributed by atoms with Gasteiger partial charge in [0.05, 0.1) is 12.7 Å². The summed E-state index contributed by atoms with van der Waals surface area (Å²) in [7, 11) is 1.36. The summed E-state index contributed by atoms with van der Waals surface area (Å²) < 4.78 is 18.0. The third-order valence-corrected chi connectivity index (χ3v) is 4.25. The van der Waals surface area contributed by atoms with Crippen LogP contribution in [0.2, 0.25) is 0 Å². The molecule has 1 heterocycles. The number of hydrogen-bond donors (Lipinski definition) is 1. The zero-order valence-corrected chi connectivity index (χ0v) is 12.0. The molecule has 3 rings (SSSR count). The third-order valence-electron chi connectivity index (χ3n) is 3.12. The molecule has 0 spiro atoms. The molecule has 0 saturated carbocycles. The zero-order chi connectivity index (χ0) is 14.8. The predicted molar refractivity (Wildman–Crippen MR) is 80.2 cm³/mol. The highest BCUT2D eigenvalue weighted by Crippen LogP contribution is 2.35. The number of esters is 1. The van der Waals surface area contributed by atoms with Crippen LogP contribution in [0.3, 0.4) is 0 Å². The summed E-state index contributed by atoms with van der Waals surface area (Å²) in [5, 5.41) is 0.918. The van der Waals surface area contributed by atoms with Crippen LogP contribution in [-0.4, -0.2) is 18.1 Å². The maximum absolute atomic E-state index is 13.2. The number of methoxy groups -OCH3 is 1. The van der Waals surface area contributed by atoms with E-state index in [1.165, 1.54) is 31.0 Å². The molecule has 2 aromatic carbocycles. The van der Waals surface area contributed by atoms with Crippen LogP contribution < -0.4 is 0 Å². The van der Waals surface area contributed by atoms with E-state index in [2.05, 4.69) is 4.98 Å². The van der Waals surface area contributed by atoms with Gasteiger partial charge in [-0.05, 0) is 30.3 Å². The molecule has 0 atom stereocenters. The van der Waals surface area contributed by atoms with E-state index in [0.29, 0.717) is 5.56 Å². The van der Waals surface area contributed by atoms with Crippen molar-refractivity contribution in [2.45, 2.75) is 9.79 Å². The Morgan fingerprint density at radius 3 is 2.81 bits per heavy atom. The molecule has 1 N–H and O–H groups in total. The van der Waals surface area contributed by atoms with Crippen LogP contribution >= 0.6 is 11.8 Å². The topological polar surface area (TPSA) is 42.1 Å². The van der Waals surface area contributed by atoms with Crippen molar-refractivity contribution in [3.05, 3.63) is 60.0 Å². The minimum absolute atomic E-state index is 0.282. The molecular formula is C16H12FNO2S. The highest BCUT2D eigenvalue weighted by atomic mass is 32.2. The second-order valence-electron chi connectivity index (χ2n) is 4.43. The molecule has 0 aliphatic rings. The Bertz CT molecular complexity index is 813. The first-order chi connectivity index (χ1) is 10.2. The summed E-state index contributed by atoms with van der Waals surface area (Å²) in [5.74, 6) is -0.653. The first-order valence-corrected chi connectivity index (χ1v) is 7.12. The summed E-state index contributed by atoms with van der Waals surface area (Å²) in [5.41, 5.74) is 1.24. The summed E-state index contributed by atoms with van der Waals surface area (Å²) >= 11 is 1.45. The molecule has 0 amide bonds. The maximum Gasteiger partial charge on any atom is 0.339 e. The van der Waals surface area contributed by atoms with E-state index < -0.39 is 0 Å². The van der Waals surface area contributed by atoms with Crippen LogP contribution in [0.25, 0.3) is 10.9 Å². The molecule has 0 aliphatic carbocycles. The van der Waals surface area contributed by atoms with Gasteiger partial charge in [-0.15, -0.1) is 0 Å². The van der Waals surface area contributed by atoms with Gasteiger partial charge in [0.15, 0.2) is 0 Å². The Hall–Kier alpha value is -2.27. The number of aromatic amines is 1. The van der Waals surface area contributed by atoms with Crippen molar-refractivity contribution < 1.29 is 13.9 Å². The molecule has 0 unspecified atom stereocenters. The number of fused-ring (bicyclic) bond motifs is 1.